The van der Waals surface area contributed by atoms with E-state index in [4.69, 9.17) is 23.7 Å². The number of hydrogen-bond acceptors (Lipinski definition) is 9. The van der Waals surface area contributed by atoms with Gasteiger partial charge >= 0.3 is 17.9 Å². The monoisotopic (exact) mass is 715 g/mol. The number of rotatable bonds is 17. The van der Waals surface area contributed by atoms with Crippen molar-refractivity contribution in [2.24, 2.45) is 5.92 Å². The van der Waals surface area contributed by atoms with E-state index in [-0.39, 0.29) is 49.0 Å². The van der Waals surface area contributed by atoms with E-state index in [2.05, 4.69) is 25.4 Å². The molecule has 0 heterocycles. The zero-order chi connectivity index (χ0) is 37.0. The van der Waals surface area contributed by atoms with Crippen LogP contribution in [0.25, 0.3) is 5.57 Å². The molecule has 1 saturated carbocycles. The predicted molar refractivity (Wildman–Crippen MR) is 192 cm³/mol. The lowest BCUT2D eigenvalue weighted by Gasteiger charge is -2.22. The van der Waals surface area contributed by atoms with Crippen molar-refractivity contribution in [3.05, 3.63) is 102 Å². The number of amides is 1. The van der Waals surface area contributed by atoms with Gasteiger partial charge in [0.1, 0.15) is 17.3 Å². The van der Waals surface area contributed by atoms with Gasteiger partial charge in [0.05, 0.1) is 38.4 Å². The maximum atomic E-state index is 13.0. The van der Waals surface area contributed by atoms with Crippen LogP contribution in [-0.4, -0.2) is 56.3 Å². The van der Waals surface area contributed by atoms with Crippen molar-refractivity contribution in [2.75, 3.05) is 26.4 Å². The Morgan fingerprint density at radius 1 is 0.827 bits per heavy atom. The first-order valence-corrected chi connectivity index (χ1v) is 17.9. The first kappa shape index (κ1) is 38.1. The van der Waals surface area contributed by atoms with Gasteiger partial charge in [-0.05, 0) is 83.9 Å². The number of fused-ring (bicyclic) bond motifs is 3. The third-order valence-electron chi connectivity index (χ3n) is 9.45. The Kier molecular flexibility index (Phi) is 13.4. The van der Waals surface area contributed by atoms with Crippen molar-refractivity contribution < 1.29 is 47.3 Å². The molecule has 1 amide bonds. The summed E-state index contributed by atoms with van der Waals surface area (Å²) < 4.78 is 40.1. The van der Waals surface area contributed by atoms with Crippen LogP contribution in [0, 0.1) is 5.92 Å². The molecule has 1 N–H and O–H groups in total. The number of ether oxygens (including phenoxy) is 5. The highest BCUT2D eigenvalue weighted by atomic mass is 19.1. The van der Waals surface area contributed by atoms with E-state index in [1.54, 1.807) is 24.3 Å². The molecule has 276 valence electrons. The Morgan fingerprint density at radius 2 is 1.48 bits per heavy atom. The molecular formula is C41H46FNO9. The summed E-state index contributed by atoms with van der Waals surface area (Å²) in [6, 6.07) is 12.8. The standard InChI is InChI=1S/C41H46FNO9/c1-26(23-38(44)43-30-9-5-4-6-10-30)39(45)50-21-7-19-48-31-13-11-29(12-14-31)41(47)52-33-16-18-35-34-17-15-32(24-36(34)27(2)37(35)25-33)49-20-8-22-51-40(46)28(3)42/h11-18,24,27,30,37H,1,3-10,19-23,25H2,2H3,(H,43,44). The third kappa shape index (κ3) is 10.4. The van der Waals surface area contributed by atoms with Gasteiger partial charge in [-0.1, -0.05) is 51.5 Å². The van der Waals surface area contributed by atoms with Gasteiger partial charge in [0.2, 0.25) is 11.7 Å². The second kappa shape index (κ2) is 18.3. The van der Waals surface area contributed by atoms with Gasteiger partial charge in [0.15, 0.2) is 0 Å². The predicted octanol–water partition coefficient (Wildman–Crippen LogP) is 7.45. The second-order valence-corrected chi connectivity index (χ2v) is 13.3. The molecule has 2 unspecified atom stereocenters. The van der Waals surface area contributed by atoms with Crippen molar-refractivity contribution in [3.63, 3.8) is 0 Å². The molecule has 2 aromatic rings. The van der Waals surface area contributed by atoms with Gasteiger partial charge in [0.25, 0.3) is 0 Å². The number of hydrogen-bond donors (Lipinski definition) is 1. The van der Waals surface area contributed by atoms with Crippen molar-refractivity contribution in [1.29, 1.82) is 0 Å². The lowest BCUT2D eigenvalue weighted by molar-refractivity contribution is -0.141. The molecule has 2 aromatic carbocycles. The Balaban J connectivity index is 1.00. The smallest absolute Gasteiger partial charge is 0.366 e. The fourth-order valence-corrected chi connectivity index (χ4v) is 6.66. The third-order valence-corrected chi connectivity index (χ3v) is 9.45. The molecule has 11 heteroatoms. The van der Waals surface area contributed by atoms with Gasteiger partial charge in [-0.2, -0.15) is 4.39 Å². The summed E-state index contributed by atoms with van der Waals surface area (Å²) in [6.45, 7) is 9.51. The summed E-state index contributed by atoms with van der Waals surface area (Å²) in [5, 5.41) is 2.97. The highest BCUT2D eigenvalue weighted by Gasteiger charge is 2.36. The van der Waals surface area contributed by atoms with Crippen LogP contribution in [-0.2, 0) is 28.6 Å². The highest BCUT2D eigenvalue weighted by Crippen LogP contribution is 2.51. The molecular weight excluding hydrogens is 669 g/mol. The van der Waals surface area contributed by atoms with E-state index in [0.717, 1.165) is 36.8 Å². The quantitative estimate of drug-likeness (QED) is 0.0769. The zero-order valence-electron chi connectivity index (χ0n) is 29.6. The molecule has 3 aliphatic rings. The Hall–Kier alpha value is -5.19. The highest BCUT2D eigenvalue weighted by molar-refractivity contribution is 5.94. The molecule has 0 aromatic heterocycles. The lowest BCUT2D eigenvalue weighted by Crippen LogP contribution is -2.36. The van der Waals surface area contributed by atoms with Crippen LogP contribution >= 0.6 is 0 Å². The zero-order valence-corrected chi connectivity index (χ0v) is 29.6. The minimum Gasteiger partial charge on any atom is -0.493 e. The summed E-state index contributed by atoms with van der Waals surface area (Å²) in [7, 11) is 0. The fraction of sp³-hybridized carbons (Fsp3) is 0.415. The summed E-state index contributed by atoms with van der Waals surface area (Å²) in [5.74, 6) is -1.30. The van der Waals surface area contributed by atoms with Crippen molar-refractivity contribution in [3.8, 4) is 11.5 Å². The van der Waals surface area contributed by atoms with Crippen molar-refractivity contribution in [2.45, 2.75) is 76.7 Å². The maximum absolute atomic E-state index is 13.0. The van der Waals surface area contributed by atoms with Crippen LogP contribution in [0.5, 0.6) is 11.5 Å². The Bertz CT molecular complexity index is 1720. The summed E-state index contributed by atoms with van der Waals surface area (Å²) in [6.07, 6.45) is 10.5. The van der Waals surface area contributed by atoms with Crippen LogP contribution in [0.15, 0.2) is 84.9 Å². The van der Waals surface area contributed by atoms with E-state index in [1.807, 2.05) is 30.4 Å². The van der Waals surface area contributed by atoms with Crippen LogP contribution in [0.4, 0.5) is 4.39 Å². The largest absolute Gasteiger partial charge is 0.493 e. The van der Waals surface area contributed by atoms with E-state index in [1.165, 1.54) is 12.0 Å². The number of carbonyl (C=O) groups excluding carboxylic acids is 4. The number of benzene rings is 2. The average molecular weight is 716 g/mol. The van der Waals surface area contributed by atoms with Crippen molar-refractivity contribution in [1.82, 2.24) is 5.32 Å². The molecule has 0 aliphatic heterocycles. The normalized spacial score (nSPS) is 17.7. The summed E-state index contributed by atoms with van der Waals surface area (Å²) in [5.41, 5.74) is 3.97. The number of halogens is 1. The topological polar surface area (TPSA) is 126 Å². The number of esters is 3. The minimum atomic E-state index is -1.12. The fourth-order valence-electron chi connectivity index (χ4n) is 6.66. The molecule has 52 heavy (non-hydrogen) atoms. The number of allylic oxidation sites excluding steroid dienone is 4. The van der Waals surface area contributed by atoms with Crippen molar-refractivity contribution >= 4 is 29.4 Å². The summed E-state index contributed by atoms with van der Waals surface area (Å²) in [4.78, 5) is 48.6. The number of carbonyl (C=O) groups is 4. The lowest BCUT2D eigenvalue weighted by atomic mass is 9.85. The number of nitrogens with one attached hydrogen (secondary N) is 1. The first-order valence-electron chi connectivity index (χ1n) is 17.9. The molecule has 10 nitrogen and oxygen atoms in total. The SMILES string of the molecule is C=C(F)C(=O)OCCCOc1ccc2c(c1)C(C)C1CC(OC(=O)c3ccc(OCCCOC(=O)C(=C)CC(=O)NC4CCCCC4)cc3)=CC=C21. The van der Waals surface area contributed by atoms with Crippen LogP contribution < -0.4 is 14.8 Å². The van der Waals surface area contributed by atoms with E-state index in [9.17, 15) is 23.6 Å². The second-order valence-electron chi connectivity index (χ2n) is 13.3. The molecule has 1 fully saturated rings. The maximum Gasteiger partial charge on any atom is 0.366 e. The van der Waals surface area contributed by atoms with Gasteiger partial charge < -0.3 is 29.0 Å². The van der Waals surface area contributed by atoms with E-state index in [0.29, 0.717) is 55.3 Å². The molecule has 2 atom stereocenters. The summed E-state index contributed by atoms with van der Waals surface area (Å²) >= 11 is 0. The van der Waals surface area contributed by atoms with Gasteiger partial charge in [-0.3, -0.25) is 4.79 Å². The van der Waals surface area contributed by atoms with Crippen LogP contribution in [0.3, 0.4) is 0 Å². The molecule has 5 rings (SSSR count). The van der Waals surface area contributed by atoms with E-state index < -0.39 is 23.7 Å². The molecule has 0 spiro atoms. The molecule has 0 saturated heterocycles. The minimum absolute atomic E-state index is 0.0331. The van der Waals surface area contributed by atoms with E-state index >= 15 is 0 Å². The van der Waals surface area contributed by atoms with Gasteiger partial charge in [0, 0.05) is 30.9 Å². The van der Waals surface area contributed by atoms with Crippen LogP contribution in [0.2, 0.25) is 0 Å². The van der Waals surface area contributed by atoms with Crippen LogP contribution in [0.1, 0.15) is 92.1 Å². The molecule has 0 bridgehead atoms. The molecule has 0 radical (unpaired) electrons. The Morgan fingerprint density at radius 3 is 2.17 bits per heavy atom. The Labute approximate surface area is 303 Å². The first-order chi connectivity index (χ1) is 25.1. The van der Waals surface area contributed by atoms with Gasteiger partial charge in [-0.25, -0.2) is 14.4 Å². The van der Waals surface area contributed by atoms with Gasteiger partial charge in [-0.15, -0.1) is 0 Å². The molecule has 3 aliphatic carbocycles. The average Bonchev–Trinajstić information content (AvgIpc) is 3.41.